The van der Waals surface area contributed by atoms with Crippen molar-refractivity contribution < 1.29 is 13.2 Å². The highest BCUT2D eigenvalue weighted by Gasteiger charge is 2.22. The first-order chi connectivity index (χ1) is 8.72. The Morgan fingerprint density at radius 2 is 2.11 bits per heavy atom. The number of nitrogens with one attached hydrogen (secondary N) is 1. The normalized spacial score (nSPS) is 11.9. The quantitative estimate of drug-likeness (QED) is 0.886. The van der Waals surface area contributed by atoms with Gasteiger partial charge in [-0.2, -0.15) is 5.26 Å². The largest absolute Gasteiger partial charge is 0.496 e. The van der Waals surface area contributed by atoms with E-state index in [0.29, 0.717) is 10.2 Å². The summed E-state index contributed by atoms with van der Waals surface area (Å²) in [6.45, 7) is 3.38. The van der Waals surface area contributed by atoms with Gasteiger partial charge in [-0.1, -0.05) is 0 Å². The summed E-state index contributed by atoms with van der Waals surface area (Å²) in [4.78, 5) is 0.119. The summed E-state index contributed by atoms with van der Waals surface area (Å²) in [6.07, 6.45) is 0. The van der Waals surface area contributed by atoms with Gasteiger partial charge in [-0.25, -0.2) is 13.1 Å². The van der Waals surface area contributed by atoms with E-state index in [0.717, 1.165) is 0 Å². The van der Waals surface area contributed by atoms with Gasteiger partial charge >= 0.3 is 0 Å². The fraction of sp³-hybridized carbons (Fsp3) is 0.417. The third-order valence-corrected chi connectivity index (χ3v) is 4.46. The number of methoxy groups -OCH3 is 1. The number of rotatable bonds is 5. The molecule has 0 atom stereocenters. The molecule has 0 unspecified atom stereocenters. The molecule has 1 aromatic rings. The Kier molecular flexibility index (Phi) is 4.96. The van der Waals surface area contributed by atoms with Crippen LogP contribution in [0.2, 0.25) is 0 Å². The predicted octanol–water partition coefficient (Wildman–Crippen LogP) is 2.29. The van der Waals surface area contributed by atoms with Crippen molar-refractivity contribution in [1.29, 1.82) is 5.26 Å². The molecule has 0 radical (unpaired) electrons. The van der Waals surface area contributed by atoms with Crippen molar-refractivity contribution in [3.05, 3.63) is 22.7 Å². The lowest BCUT2D eigenvalue weighted by Crippen LogP contribution is -2.33. The summed E-state index contributed by atoms with van der Waals surface area (Å²) in [7, 11) is -2.14. The molecule has 0 spiro atoms. The van der Waals surface area contributed by atoms with Gasteiger partial charge in [0, 0.05) is 6.54 Å². The minimum absolute atomic E-state index is 0.0511. The maximum absolute atomic E-state index is 12.1. The fourth-order valence-electron chi connectivity index (χ4n) is 1.21. The van der Waals surface area contributed by atoms with E-state index in [1.54, 1.807) is 19.9 Å². The van der Waals surface area contributed by atoms with Crippen LogP contribution in [0.25, 0.3) is 0 Å². The Balaban J connectivity index is 2.96. The topological polar surface area (TPSA) is 79.2 Å². The van der Waals surface area contributed by atoms with Crippen LogP contribution in [0, 0.1) is 16.7 Å². The molecular formula is C12H15BrN2O3S. The molecule has 7 heteroatoms. The molecule has 0 amide bonds. The Labute approximate surface area is 121 Å². The van der Waals surface area contributed by atoms with Crippen LogP contribution in [-0.2, 0) is 10.0 Å². The predicted molar refractivity (Wildman–Crippen MR) is 75.3 cm³/mol. The minimum atomic E-state index is -3.64. The number of nitriles is 1. The molecule has 1 N–H and O–H groups in total. The Morgan fingerprint density at radius 1 is 1.47 bits per heavy atom. The summed E-state index contributed by atoms with van der Waals surface area (Å²) < 4.78 is 32.1. The van der Waals surface area contributed by atoms with Crippen LogP contribution >= 0.6 is 15.9 Å². The zero-order valence-corrected chi connectivity index (χ0v) is 13.3. The highest BCUT2D eigenvalue weighted by molar-refractivity contribution is 9.10. The van der Waals surface area contributed by atoms with E-state index in [4.69, 9.17) is 10.00 Å². The van der Waals surface area contributed by atoms with Crippen molar-refractivity contribution in [3.8, 4) is 11.8 Å². The second-order valence-corrected chi connectivity index (χ2v) is 7.24. The van der Waals surface area contributed by atoms with Gasteiger partial charge in [0.05, 0.1) is 28.0 Å². The number of ether oxygens (including phenoxy) is 1. The summed E-state index contributed by atoms with van der Waals surface area (Å²) in [5, 5.41) is 8.87. The molecule has 0 saturated carbocycles. The molecule has 0 aliphatic rings. The Bertz CT molecular complexity index is 606. The van der Waals surface area contributed by atoms with E-state index in [1.165, 1.54) is 19.2 Å². The molecule has 0 heterocycles. The van der Waals surface area contributed by atoms with Gasteiger partial charge in [0.1, 0.15) is 5.75 Å². The average Bonchev–Trinajstić information content (AvgIpc) is 2.36. The first-order valence-corrected chi connectivity index (χ1v) is 7.74. The van der Waals surface area contributed by atoms with Crippen LogP contribution in [0.1, 0.15) is 13.8 Å². The average molecular weight is 347 g/mol. The third-order valence-electron chi connectivity index (χ3n) is 2.44. The number of halogens is 1. The van der Waals surface area contributed by atoms with Crippen molar-refractivity contribution in [1.82, 2.24) is 4.72 Å². The fourth-order valence-corrected chi connectivity index (χ4v) is 3.14. The molecule has 0 aliphatic heterocycles. The van der Waals surface area contributed by atoms with E-state index in [2.05, 4.69) is 20.7 Å². The van der Waals surface area contributed by atoms with Crippen LogP contribution in [0.3, 0.4) is 0 Å². The molecular weight excluding hydrogens is 332 g/mol. The number of sulfonamides is 1. The van der Waals surface area contributed by atoms with E-state index in [1.807, 2.05) is 6.07 Å². The van der Waals surface area contributed by atoms with Gasteiger partial charge in [0.25, 0.3) is 0 Å². The van der Waals surface area contributed by atoms with E-state index < -0.39 is 15.4 Å². The monoisotopic (exact) mass is 346 g/mol. The lowest BCUT2D eigenvalue weighted by atomic mass is 9.97. The smallest absolute Gasteiger partial charge is 0.240 e. The maximum Gasteiger partial charge on any atom is 0.240 e. The molecule has 0 saturated heterocycles. The lowest BCUT2D eigenvalue weighted by molar-refractivity contribution is 0.411. The Morgan fingerprint density at radius 3 is 2.58 bits per heavy atom. The van der Waals surface area contributed by atoms with E-state index >= 15 is 0 Å². The second kappa shape index (κ2) is 5.90. The van der Waals surface area contributed by atoms with Crippen LogP contribution < -0.4 is 9.46 Å². The van der Waals surface area contributed by atoms with Gasteiger partial charge < -0.3 is 4.74 Å². The molecule has 19 heavy (non-hydrogen) atoms. The third kappa shape index (κ3) is 4.20. The summed E-state index contributed by atoms with van der Waals surface area (Å²) in [5.74, 6) is 0.552. The molecule has 5 nitrogen and oxygen atoms in total. The number of benzene rings is 1. The molecule has 1 rings (SSSR count). The van der Waals surface area contributed by atoms with Gasteiger partial charge in [0.15, 0.2) is 0 Å². The van der Waals surface area contributed by atoms with Gasteiger partial charge in [-0.05, 0) is 48.0 Å². The highest BCUT2D eigenvalue weighted by Crippen LogP contribution is 2.27. The summed E-state index contributed by atoms with van der Waals surface area (Å²) in [5.41, 5.74) is -0.753. The van der Waals surface area contributed by atoms with Crippen molar-refractivity contribution in [3.63, 3.8) is 0 Å². The summed E-state index contributed by atoms with van der Waals surface area (Å²) in [6, 6.07) is 6.51. The molecule has 0 aliphatic carbocycles. The number of nitrogens with zero attached hydrogens (tertiary/aromatic N) is 1. The van der Waals surface area contributed by atoms with Gasteiger partial charge in [-0.3, -0.25) is 0 Å². The standard InChI is InChI=1S/C12H15BrN2O3S/c1-12(2,7-14)8-15-19(16,17)9-4-5-11(18-3)10(13)6-9/h4-6,15H,8H2,1-3H3. The van der Waals surface area contributed by atoms with Gasteiger partial charge in [0.2, 0.25) is 10.0 Å². The maximum atomic E-state index is 12.1. The Hall–Kier alpha value is -1.10. The zero-order valence-electron chi connectivity index (χ0n) is 10.9. The first-order valence-electron chi connectivity index (χ1n) is 5.46. The molecule has 0 aromatic heterocycles. The zero-order chi connectivity index (χ0) is 14.7. The van der Waals surface area contributed by atoms with Crippen molar-refractivity contribution in [2.24, 2.45) is 5.41 Å². The summed E-state index contributed by atoms with van der Waals surface area (Å²) >= 11 is 3.23. The SMILES string of the molecule is COc1ccc(S(=O)(=O)NCC(C)(C)C#N)cc1Br. The molecule has 104 valence electrons. The second-order valence-electron chi connectivity index (χ2n) is 4.62. The van der Waals surface area contributed by atoms with Crippen LogP contribution in [0.4, 0.5) is 0 Å². The molecule has 1 aromatic carbocycles. The van der Waals surface area contributed by atoms with Gasteiger partial charge in [-0.15, -0.1) is 0 Å². The first kappa shape index (κ1) is 16.0. The van der Waals surface area contributed by atoms with Crippen LogP contribution in [0.5, 0.6) is 5.75 Å². The molecule has 0 fully saturated rings. The van der Waals surface area contributed by atoms with E-state index in [9.17, 15) is 8.42 Å². The molecule has 0 bridgehead atoms. The van der Waals surface area contributed by atoms with Crippen LogP contribution in [-0.4, -0.2) is 22.1 Å². The lowest BCUT2D eigenvalue weighted by Gasteiger charge is -2.16. The highest BCUT2D eigenvalue weighted by atomic mass is 79.9. The minimum Gasteiger partial charge on any atom is -0.496 e. The van der Waals surface area contributed by atoms with E-state index in [-0.39, 0.29) is 11.4 Å². The van der Waals surface area contributed by atoms with Crippen molar-refractivity contribution in [2.75, 3.05) is 13.7 Å². The van der Waals surface area contributed by atoms with Crippen LogP contribution in [0.15, 0.2) is 27.6 Å². The number of hydrogen-bond donors (Lipinski definition) is 1. The number of hydrogen-bond acceptors (Lipinski definition) is 4. The van der Waals surface area contributed by atoms with Crippen molar-refractivity contribution in [2.45, 2.75) is 18.7 Å². The van der Waals surface area contributed by atoms with Crippen molar-refractivity contribution >= 4 is 26.0 Å².